The molecule has 0 fully saturated rings. The zero-order valence-corrected chi connectivity index (χ0v) is 13.3. The Hall–Kier alpha value is -1.57. The molecule has 1 heterocycles. The number of aryl methyl sites for hydroxylation is 1. The molecule has 0 spiro atoms. The first-order valence-electron chi connectivity index (χ1n) is 7.35. The first kappa shape index (κ1) is 14.8. The minimum Gasteiger partial charge on any atom is -0.453 e. The van der Waals surface area contributed by atoms with E-state index in [-0.39, 0.29) is 17.1 Å². The highest BCUT2D eigenvalue weighted by Gasteiger charge is 2.23. The Labute approximate surface area is 121 Å². The molecule has 108 valence electrons. The summed E-state index contributed by atoms with van der Waals surface area (Å²) in [7, 11) is 0. The maximum atomic E-state index is 12.1. The third-order valence-corrected chi connectivity index (χ3v) is 3.66. The topological polar surface area (TPSA) is 30.2 Å². The van der Waals surface area contributed by atoms with Gasteiger partial charge in [-0.1, -0.05) is 47.6 Å². The number of carbonyl (C=O) groups excluding carboxylic acids is 1. The molecule has 0 aliphatic rings. The number of fused-ring (bicyclic) bond motifs is 1. The molecule has 0 atom stereocenters. The van der Waals surface area contributed by atoms with Crippen molar-refractivity contribution in [2.45, 2.75) is 53.4 Å². The Bertz CT molecular complexity index is 639. The molecular formula is C18H24O2. The highest BCUT2D eigenvalue weighted by atomic mass is 16.3. The molecule has 2 nitrogen and oxygen atoms in total. The smallest absolute Gasteiger partial charge is 0.200 e. The number of ketones is 1. The number of rotatable bonds is 3. The van der Waals surface area contributed by atoms with Crippen molar-refractivity contribution in [3.63, 3.8) is 0 Å². The van der Waals surface area contributed by atoms with E-state index in [1.807, 2.05) is 19.9 Å². The van der Waals surface area contributed by atoms with E-state index in [4.69, 9.17) is 4.42 Å². The number of furan rings is 1. The minimum absolute atomic E-state index is 0.000564. The Balaban J connectivity index is 2.69. The van der Waals surface area contributed by atoms with Crippen LogP contribution in [0.5, 0.6) is 0 Å². The molecule has 0 bridgehead atoms. The minimum atomic E-state index is -0.0423. The van der Waals surface area contributed by atoms with Crippen molar-refractivity contribution in [3.05, 3.63) is 35.1 Å². The van der Waals surface area contributed by atoms with Gasteiger partial charge in [-0.3, -0.25) is 4.79 Å². The van der Waals surface area contributed by atoms with Crippen molar-refractivity contribution in [2.24, 2.45) is 5.92 Å². The summed E-state index contributed by atoms with van der Waals surface area (Å²) in [5, 5.41) is 1.04. The van der Waals surface area contributed by atoms with Gasteiger partial charge in [0.15, 0.2) is 5.76 Å². The van der Waals surface area contributed by atoms with Crippen molar-refractivity contribution in [1.29, 1.82) is 0 Å². The highest BCUT2D eigenvalue weighted by Crippen LogP contribution is 2.34. The summed E-state index contributed by atoms with van der Waals surface area (Å²) in [6.45, 7) is 12.5. The van der Waals surface area contributed by atoms with Gasteiger partial charge in [-0.15, -0.1) is 0 Å². The van der Waals surface area contributed by atoms with Crippen LogP contribution in [-0.2, 0) is 11.8 Å². The average molecular weight is 272 g/mol. The van der Waals surface area contributed by atoms with Crippen LogP contribution in [0.2, 0.25) is 0 Å². The van der Waals surface area contributed by atoms with Crippen molar-refractivity contribution in [1.82, 2.24) is 0 Å². The molecule has 0 amide bonds. The predicted molar refractivity (Wildman–Crippen MR) is 83.5 cm³/mol. The van der Waals surface area contributed by atoms with Gasteiger partial charge in [0, 0.05) is 16.9 Å². The van der Waals surface area contributed by atoms with E-state index in [2.05, 4.69) is 39.8 Å². The van der Waals surface area contributed by atoms with Crippen LogP contribution in [0.1, 0.15) is 63.2 Å². The fraction of sp³-hybridized carbons (Fsp3) is 0.500. The summed E-state index contributed by atoms with van der Waals surface area (Å²) in [6.07, 6.45) is 0.984. The zero-order valence-electron chi connectivity index (χ0n) is 13.3. The fourth-order valence-corrected chi connectivity index (χ4v) is 2.38. The lowest BCUT2D eigenvalue weighted by Crippen LogP contribution is -2.12. The maximum absolute atomic E-state index is 12.1. The fourth-order valence-electron chi connectivity index (χ4n) is 2.38. The van der Waals surface area contributed by atoms with Gasteiger partial charge in [-0.05, 0) is 29.5 Å². The van der Waals surface area contributed by atoms with Gasteiger partial charge in [-0.2, -0.15) is 0 Å². The first-order valence-corrected chi connectivity index (χ1v) is 7.35. The molecule has 0 saturated carbocycles. The molecule has 0 saturated heterocycles. The Morgan fingerprint density at radius 3 is 2.35 bits per heavy atom. The van der Waals surface area contributed by atoms with Gasteiger partial charge in [-0.25, -0.2) is 0 Å². The van der Waals surface area contributed by atoms with Crippen LogP contribution in [-0.4, -0.2) is 5.78 Å². The standard InChI is InChI=1S/C18H24O2/c1-7-12-8-13-10-15(16(19)11(2)3)20-17(13)14(9-12)18(4,5)6/h8-11H,7H2,1-6H3. The lowest BCUT2D eigenvalue weighted by atomic mass is 9.85. The molecule has 2 aromatic rings. The summed E-state index contributed by atoms with van der Waals surface area (Å²) in [4.78, 5) is 12.1. The summed E-state index contributed by atoms with van der Waals surface area (Å²) in [6, 6.07) is 6.23. The monoisotopic (exact) mass is 272 g/mol. The second-order valence-electron chi connectivity index (χ2n) is 6.79. The van der Waals surface area contributed by atoms with Crippen LogP contribution in [0.4, 0.5) is 0 Å². The molecule has 0 unspecified atom stereocenters. The van der Waals surface area contributed by atoms with E-state index in [0.717, 1.165) is 17.4 Å². The predicted octanol–water partition coefficient (Wildman–Crippen LogP) is 5.13. The third-order valence-electron chi connectivity index (χ3n) is 3.66. The number of Topliss-reactive ketones (excluding diaryl/α,β-unsaturated/α-hetero) is 1. The summed E-state index contributed by atoms with van der Waals surface area (Å²) in [5.74, 6) is 0.507. The highest BCUT2D eigenvalue weighted by molar-refractivity contribution is 5.99. The first-order chi connectivity index (χ1) is 9.24. The summed E-state index contributed by atoms with van der Waals surface area (Å²) in [5.41, 5.74) is 3.32. The van der Waals surface area contributed by atoms with Crippen molar-refractivity contribution in [2.75, 3.05) is 0 Å². The summed E-state index contributed by atoms with van der Waals surface area (Å²) >= 11 is 0. The van der Waals surface area contributed by atoms with Crippen LogP contribution in [0, 0.1) is 5.92 Å². The molecule has 2 heteroatoms. The quantitative estimate of drug-likeness (QED) is 0.725. The van der Waals surface area contributed by atoms with Gasteiger partial charge in [0.05, 0.1) is 0 Å². The Morgan fingerprint density at radius 2 is 1.85 bits per heavy atom. The van der Waals surface area contributed by atoms with Crippen LogP contribution in [0.15, 0.2) is 22.6 Å². The van der Waals surface area contributed by atoms with E-state index < -0.39 is 0 Å². The molecule has 0 radical (unpaired) electrons. The maximum Gasteiger partial charge on any atom is 0.200 e. The number of benzene rings is 1. The molecule has 1 aromatic carbocycles. The second-order valence-corrected chi connectivity index (χ2v) is 6.79. The summed E-state index contributed by atoms with van der Waals surface area (Å²) < 4.78 is 5.90. The van der Waals surface area contributed by atoms with E-state index in [9.17, 15) is 4.79 Å². The van der Waals surface area contributed by atoms with Gasteiger partial charge < -0.3 is 4.42 Å². The van der Waals surface area contributed by atoms with Gasteiger partial charge in [0.2, 0.25) is 5.78 Å². The van der Waals surface area contributed by atoms with Crippen LogP contribution in [0.3, 0.4) is 0 Å². The molecular weight excluding hydrogens is 248 g/mol. The van der Waals surface area contributed by atoms with Gasteiger partial charge in [0.1, 0.15) is 5.58 Å². The lowest BCUT2D eigenvalue weighted by Gasteiger charge is -2.20. The van der Waals surface area contributed by atoms with E-state index in [1.165, 1.54) is 11.1 Å². The van der Waals surface area contributed by atoms with Crippen LogP contribution < -0.4 is 0 Å². The largest absolute Gasteiger partial charge is 0.453 e. The normalized spacial score (nSPS) is 12.3. The molecule has 0 N–H and O–H groups in total. The number of hydrogen-bond donors (Lipinski definition) is 0. The van der Waals surface area contributed by atoms with Crippen molar-refractivity contribution in [3.8, 4) is 0 Å². The van der Waals surface area contributed by atoms with E-state index >= 15 is 0 Å². The average Bonchev–Trinajstić information content (AvgIpc) is 2.78. The third kappa shape index (κ3) is 2.65. The Morgan fingerprint density at radius 1 is 1.20 bits per heavy atom. The number of hydrogen-bond acceptors (Lipinski definition) is 2. The molecule has 2 rings (SSSR count). The Kier molecular flexibility index (Phi) is 3.77. The second kappa shape index (κ2) is 5.08. The molecule has 0 aliphatic heterocycles. The van der Waals surface area contributed by atoms with Gasteiger partial charge >= 0.3 is 0 Å². The lowest BCUT2D eigenvalue weighted by molar-refractivity contribution is 0.0913. The molecule has 1 aromatic heterocycles. The number of carbonyl (C=O) groups is 1. The SMILES string of the molecule is CCc1cc(C(C)(C)C)c2oc(C(=O)C(C)C)cc2c1. The molecule has 0 aliphatic carbocycles. The van der Waals surface area contributed by atoms with Crippen molar-refractivity contribution < 1.29 is 9.21 Å². The zero-order chi connectivity index (χ0) is 15.1. The van der Waals surface area contributed by atoms with E-state index in [1.54, 1.807) is 0 Å². The van der Waals surface area contributed by atoms with E-state index in [0.29, 0.717) is 5.76 Å². The van der Waals surface area contributed by atoms with Crippen LogP contribution in [0.25, 0.3) is 11.0 Å². The van der Waals surface area contributed by atoms with Gasteiger partial charge in [0.25, 0.3) is 0 Å². The molecule has 20 heavy (non-hydrogen) atoms. The van der Waals surface area contributed by atoms with Crippen LogP contribution >= 0.6 is 0 Å². The van der Waals surface area contributed by atoms with Crippen molar-refractivity contribution >= 4 is 16.8 Å².